The van der Waals surface area contributed by atoms with Crippen LogP contribution in [0.5, 0.6) is 5.75 Å². The molecule has 3 aliphatic heterocycles. The summed E-state index contributed by atoms with van der Waals surface area (Å²) in [6.45, 7) is 3.73. The molecule has 3 saturated heterocycles. The molecule has 0 unspecified atom stereocenters. The van der Waals surface area contributed by atoms with E-state index in [1.807, 2.05) is 29.8 Å². The Morgan fingerprint density at radius 1 is 1.32 bits per heavy atom. The van der Waals surface area contributed by atoms with Crippen LogP contribution in [0, 0.1) is 5.92 Å². The molecule has 2 bridgehead atoms. The van der Waals surface area contributed by atoms with Crippen molar-refractivity contribution in [2.24, 2.45) is 5.92 Å². The van der Waals surface area contributed by atoms with E-state index < -0.39 is 0 Å². The zero-order valence-electron chi connectivity index (χ0n) is 14.4. The van der Waals surface area contributed by atoms with Gasteiger partial charge in [0, 0.05) is 43.2 Å². The predicted octanol–water partition coefficient (Wildman–Crippen LogP) is 2.89. The van der Waals surface area contributed by atoms with Gasteiger partial charge in [0.1, 0.15) is 5.75 Å². The Morgan fingerprint density at radius 3 is 3.04 bits per heavy atom. The molecule has 6 heteroatoms. The smallest absolute Gasteiger partial charge is 0.254 e. The van der Waals surface area contributed by atoms with Crippen LogP contribution in [0.4, 0.5) is 0 Å². The van der Waals surface area contributed by atoms with Crippen LogP contribution in [0.2, 0.25) is 0 Å². The highest BCUT2D eigenvalue weighted by molar-refractivity contribution is 7.07. The maximum Gasteiger partial charge on any atom is 0.254 e. The van der Waals surface area contributed by atoms with Gasteiger partial charge in [0.25, 0.3) is 5.91 Å². The van der Waals surface area contributed by atoms with Gasteiger partial charge in [0.05, 0.1) is 18.3 Å². The highest BCUT2D eigenvalue weighted by atomic mass is 32.1. The molecule has 0 spiro atoms. The fourth-order valence-corrected chi connectivity index (χ4v) is 4.57. The van der Waals surface area contributed by atoms with Crippen LogP contribution in [0.25, 0.3) is 0 Å². The van der Waals surface area contributed by atoms with Crippen molar-refractivity contribution in [2.75, 3.05) is 26.7 Å². The number of rotatable bonds is 4. The second-order valence-electron chi connectivity index (χ2n) is 6.96. The number of methoxy groups -OCH3 is 1. The first kappa shape index (κ1) is 16.5. The molecule has 132 valence electrons. The van der Waals surface area contributed by atoms with E-state index in [0.717, 1.165) is 49.6 Å². The van der Waals surface area contributed by atoms with E-state index in [4.69, 9.17) is 4.74 Å². The maximum absolute atomic E-state index is 13.1. The van der Waals surface area contributed by atoms with Gasteiger partial charge in [-0.25, -0.2) is 4.98 Å². The van der Waals surface area contributed by atoms with E-state index >= 15 is 0 Å². The maximum atomic E-state index is 13.1. The number of hydrogen-bond donors (Lipinski definition) is 0. The second-order valence-corrected chi connectivity index (χ2v) is 7.68. The van der Waals surface area contributed by atoms with Crippen molar-refractivity contribution in [1.29, 1.82) is 0 Å². The topological polar surface area (TPSA) is 45.7 Å². The molecule has 1 amide bonds. The van der Waals surface area contributed by atoms with Crippen LogP contribution < -0.4 is 4.74 Å². The molecule has 2 aromatic rings. The zero-order valence-corrected chi connectivity index (χ0v) is 15.2. The van der Waals surface area contributed by atoms with Crippen molar-refractivity contribution in [2.45, 2.75) is 25.4 Å². The third kappa shape index (κ3) is 3.55. The number of benzene rings is 1. The minimum atomic E-state index is 0.129. The molecule has 0 N–H and O–H groups in total. The van der Waals surface area contributed by atoms with Crippen LogP contribution in [0.3, 0.4) is 0 Å². The summed E-state index contributed by atoms with van der Waals surface area (Å²) < 4.78 is 5.27. The third-order valence-corrected chi connectivity index (χ3v) is 5.87. The van der Waals surface area contributed by atoms with Gasteiger partial charge in [0.2, 0.25) is 0 Å². The number of ether oxygens (including phenoxy) is 1. The average Bonchev–Trinajstić information content (AvgIpc) is 3.00. The molecule has 1 aromatic heterocycles. The highest BCUT2D eigenvalue weighted by Gasteiger charge is 2.37. The summed E-state index contributed by atoms with van der Waals surface area (Å²) in [7, 11) is 1.63. The first-order valence-corrected chi connectivity index (χ1v) is 9.71. The number of nitrogens with zero attached hydrogens (tertiary/aromatic N) is 3. The third-order valence-electron chi connectivity index (χ3n) is 5.24. The molecule has 3 fully saturated rings. The number of carbonyl (C=O) groups is 1. The van der Waals surface area contributed by atoms with Gasteiger partial charge in [-0.2, -0.15) is 0 Å². The number of fused-ring (bicyclic) bond motifs is 4. The molecular weight excluding hydrogens is 334 g/mol. The van der Waals surface area contributed by atoms with E-state index in [0.29, 0.717) is 5.92 Å². The summed E-state index contributed by atoms with van der Waals surface area (Å²) in [5.41, 5.74) is 3.75. The molecule has 2 atom stereocenters. The fourth-order valence-electron chi connectivity index (χ4n) is 4.02. The van der Waals surface area contributed by atoms with Gasteiger partial charge >= 0.3 is 0 Å². The minimum absolute atomic E-state index is 0.129. The summed E-state index contributed by atoms with van der Waals surface area (Å²) in [6.07, 6.45) is 2.30. The lowest BCUT2D eigenvalue weighted by atomic mass is 9.94. The Morgan fingerprint density at radius 2 is 2.24 bits per heavy atom. The van der Waals surface area contributed by atoms with Crippen LogP contribution >= 0.6 is 11.3 Å². The summed E-state index contributed by atoms with van der Waals surface area (Å²) in [5.74, 6) is 1.41. The molecule has 4 heterocycles. The minimum Gasteiger partial charge on any atom is -0.497 e. The van der Waals surface area contributed by atoms with Gasteiger partial charge < -0.3 is 9.64 Å². The molecule has 0 saturated carbocycles. The number of amides is 1. The average molecular weight is 357 g/mol. The second kappa shape index (κ2) is 7.14. The van der Waals surface area contributed by atoms with Gasteiger partial charge in [-0.05, 0) is 37.0 Å². The Kier molecular flexibility index (Phi) is 4.72. The number of piperidine rings is 1. The lowest BCUT2D eigenvalue weighted by molar-refractivity contribution is 0.0584. The normalized spacial score (nSPS) is 23.5. The van der Waals surface area contributed by atoms with Crippen LogP contribution in [-0.2, 0) is 6.54 Å². The lowest BCUT2D eigenvalue weighted by Gasteiger charge is -2.36. The van der Waals surface area contributed by atoms with Crippen molar-refractivity contribution in [1.82, 2.24) is 14.8 Å². The first-order valence-electron chi connectivity index (χ1n) is 8.77. The van der Waals surface area contributed by atoms with Crippen molar-refractivity contribution in [3.63, 3.8) is 0 Å². The number of thiazole rings is 1. The Balaban J connectivity index is 1.50. The Bertz CT molecular complexity index is 734. The quantitative estimate of drug-likeness (QED) is 0.844. The predicted molar refractivity (Wildman–Crippen MR) is 97.9 cm³/mol. The van der Waals surface area contributed by atoms with Crippen LogP contribution in [0.1, 0.15) is 28.9 Å². The van der Waals surface area contributed by atoms with Crippen molar-refractivity contribution >= 4 is 17.2 Å². The van der Waals surface area contributed by atoms with Crippen LogP contribution in [0.15, 0.2) is 35.2 Å². The summed E-state index contributed by atoms with van der Waals surface area (Å²) in [6, 6.07) is 7.78. The van der Waals surface area contributed by atoms with Gasteiger partial charge in [-0.1, -0.05) is 6.07 Å². The van der Waals surface area contributed by atoms with E-state index in [2.05, 4.69) is 20.2 Å². The number of hydrogen-bond acceptors (Lipinski definition) is 5. The molecule has 0 radical (unpaired) electrons. The fraction of sp³-hybridized carbons (Fsp3) is 0.474. The largest absolute Gasteiger partial charge is 0.497 e. The van der Waals surface area contributed by atoms with E-state index in [9.17, 15) is 4.79 Å². The summed E-state index contributed by atoms with van der Waals surface area (Å²) >= 11 is 1.64. The van der Waals surface area contributed by atoms with E-state index in [1.165, 1.54) is 6.42 Å². The number of aromatic nitrogens is 1. The van der Waals surface area contributed by atoms with Crippen molar-refractivity contribution in [3.05, 3.63) is 46.4 Å². The van der Waals surface area contributed by atoms with Crippen LogP contribution in [-0.4, -0.2) is 53.5 Å². The molecule has 3 aliphatic rings. The highest BCUT2D eigenvalue weighted by Crippen LogP contribution is 2.30. The summed E-state index contributed by atoms with van der Waals surface area (Å²) in [4.78, 5) is 22.0. The van der Waals surface area contributed by atoms with Gasteiger partial charge in [-0.3, -0.25) is 9.69 Å². The van der Waals surface area contributed by atoms with E-state index in [-0.39, 0.29) is 11.9 Å². The molecule has 5 nitrogen and oxygen atoms in total. The van der Waals surface area contributed by atoms with Gasteiger partial charge in [0.15, 0.2) is 0 Å². The van der Waals surface area contributed by atoms with E-state index in [1.54, 1.807) is 18.4 Å². The zero-order chi connectivity index (χ0) is 17.2. The van der Waals surface area contributed by atoms with Crippen molar-refractivity contribution in [3.8, 4) is 5.75 Å². The first-order chi connectivity index (χ1) is 12.2. The molecule has 0 aliphatic carbocycles. The number of carbonyl (C=O) groups excluding carboxylic acids is 1. The van der Waals surface area contributed by atoms with Gasteiger partial charge in [-0.15, -0.1) is 11.3 Å². The SMILES string of the molecule is COc1cccc(C(=O)N2C[C@H]3CC[C@@H]2CN(Cc2cscn2)C3)c1. The Hall–Kier alpha value is -1.92. The van der Waals surface area contributed by atoms with Crippen molar-refractivity contribution < 1.29 is 9.53 Å². The monoisotopic (exact) mass is 357 g/mol. The molecule has 25 heavy (non-hydrogen) atoms. The molecule has 1 aromatic carbocycles. The molecular formula is C19H23N3O2S. The summed E-state index contributed by atoms with van der Waals surface area (Å²) in [5, 5.41) is 2.12. The molecule has 5 rings (SSSR count). The standard InChI is InChI=1S/C19H23N3O2S/c1-24-18-4-2-3-15(7-18)19(23)22-9-14-5-6-17(22)11-21(8-14)10-16-12-25-13-20-16/h2-4,7,12-14,17H,5-6,8-11H2,1H3/t14-,17+/m0/s1. The Labute approximate surface area is 152 Å². The lowest BCUT2D eigenvalue weighted by Crippen LogP contribution is -2.47.